The van der Waals surface area contributed by atoms with E-state index in [1.165, 1.54) is 19.4 Å². The molecule has 0 aliphatic carbocycles. The average molecular weight is 283 g/mol. The minimum atomic E-state index is 0.634. The van der Waals surface area contributed by atoms with Crippen molar-refractivity contribution >= 4 is 17.4 Å². The normalized spacial score (nSPS) is 19.9. The van der Waals surface area contributed by atoms with Crippen LogP contribution in [0.1, 0.15) is 18.5 Å². The van der Waals surface area contributed by atoms with Gasteiger partial charge in [-0.1, -0.05) is 11.6 Å². The van der Waals surface area contributed by atoms with Crippen LogP contribution in [0.2, 0.25) is 5.02 Å². The van der Waals surface area contributed by atoms with Crippen LogP contribution in [0.5, 0.6) is 0 Å². The van der Waals surface area contributed by atoms with E-state index in [9.17, 15) is 0 Å². The van der Waals surface area contributed by atoms with Crippen LogP contribution in [0.3, 0.4) is 0 Å². The molecule has 1 aliphatic rings. The molecule has 106 valence electrons. The van der Waals surface area contributed by atoms with Gasteiger partial charge in [-0.05, 0) is 45.6 Å². The fraction of sp³-hybridized carbons (Fsp3) is 0.643. The zero-order chi connectivity index (χ0) is 13.8. The molecule has 0 radical (unpaired) electrons. The lowest BCUT2D eigenvalue weighted by Crippen LogP contribution is -2.37. The van der Waals surface area contributed by atoms with E-state index in [1.54, 1.807) is 0 Å². The molecule has 0 saturated carbocycles. The number of hydrogen-bond acceptors (Lipinski definition) is 4. The predicted octanol–water partition coefficient (Wildman–Crippen LogP) is 1.98. The lowest BCUT2D eigenvalue weighted by Gasteiger charge is -2.27. The van der Waals surface area contributed by atoms with Crippen molar-refractivity contribution in [1.29, 1.82) is 0 Å². The number of aromatic nitrogens is 1. The number of likely N-dealkylation sites (N-methyl/N-ethyl adjacent to an activating group) is 2. The third kappa shape index (κ3) is 3.59. The van der Waals surface area contributed by atoms with E-state index in [2.05, 4.69) is 34.2 Å². The first-order chi connectivity index (χ1) is 9.11. The molecule has 5 heteroatoms. The topological polar surface area (TPSA) is 31.4 Å². The maximum absolute atomic E-state index is 6.14. The second-order valence-corrected chi connectivity index (χ2v) is 5.69. The summed E-state index contributed by atoms with van der Waals surface area (Å²) >= 11 is 6.14. The molecule has 1 N–H and O–H groups in total. The molecule has 1 aromatic rings. The Morgan fingerprint density at radius 2 is 2.32 bits per heavy atom. The van der Waals surface area contributed by atoms with Crippen molar-refractivity contribution in [1.82, 2.24) is 15.2 Å². The molecule has 2 rings (SSSR count). The maximum Gasteiger partial charge on any atom is 0.128 e. The maximum atomic E-state index is 6.14. The van der Waals surface area contributed by atoms with E-state index in [1.807, 2.05) is 19.2 Å². The van der Waals surface area contributed by atoms with Gasteiger partial charge in [-0.2, -0.15) is 0 Å². The summed E-state index contributed by atoms with van der Waals surface area (Å²) in [6, 6.07) is 4.57. The van der Waals surface area contributed by atoms with Gasteiger partial charge in [-0.25, -0.2) is 4.98 Å². The van der Waals surface area contributed by atoms with Crippen molar-refractivity contribution in [2.24, 2.45) is 0 Å². The fourth-order valence-electron chi connectivity index (χ4n) is 2.60. The zero-order valence-corrected chi connectivity index (χ0v) is 12.7. The molecule has 0 aromatic carbocycles. The molecule has 1 aromatic heterocycles. The number of rotatable bonds is 5. The number of halogens is 1. The molecule has 0 bridgehead atoms. The third-order valence-corrected chi connectivity index (χ3v) is 4.14. The Hall–Kier alpha value is -0.840. The number of nitrogens with one attached hydrogen (secondary N) is 1. The van der Waals surface area contributed by atoms with Gasteiger partial charge in [0.05, 0.1) is 10.7 Å². The van der Waals surface area contributed by atoms with Gasteiger partial charge in [0, 0.05) is 26.2 Å². The van der Waals surface area contributed by atoms with Crippen LogP contribution in [-0.4, -0.2) is 50.2 Å². The predicted molar refractivity (Wildman–Crippen MR) is 80.9 cm³/mol. The Morgan fingerprint density at radius 3 is 2.95 bits per heavy atom. The Kier molecular flexibility index (Phi) is 5.02. The summed E-state index contributed by atoms with van der Waals surface area (Å²) in [5.41, 5.74) is 0.910. The van der Waals surface area contributed by atoms with Gasteiger partial charge in [-0.15, -0.1) is 0 Å². The first kappa shape index (κ1) is 14.6. The minimum absolute atomic E-state index is 0.634. The standard InChI is InChI=1S/C14H23ClN4/c1-16-9-13-12(15)6-7-14(17-13)19(3)10-11-5-4-8-18(11)2/h6-7,11,16H,4-5,8-10H2,1-3H3. The van der Waals surface area contributed by atoms with Gasteiger partial charge >= 0.3 is 0 Å². The van der Waals surface area contributed by atoms with Crippen LogP contribution in [0.4, 0.5) is 5.82 Å². The van der Waals surface area contributed by atoms with Gasteiger partial charge in [0.2, 0.25) is 0 Å². The third-order valence-electron chi connectivity index (χ3n) is 3.80. The second kappa shape index (κ2) is 6.55. The molecule has 1 atom stereocenters. The highest BCUT2D eigenvalue weighted by molar-refractivity contribution is 6.31. The van der Waals surface area contributed by atoms with Crippen molar-refractivity contribution in [2.75, 3.05) is 39.1 Å². The number of hydrogen-bond donors (Lipinski definition) is 1. The monoisotopic (exact) mass is 282 g/mol. The van der Waals surface area contributed by atoms with Crippen LogP contribution >= 0.6 is 11.6 Å². The van der Waals surface area contributed by atoms with Gasteiger partial charge in [0.15, 0.2) is 0 Å². The summed E-state index contributed by atoms with van der Waals surface area (Å²) in [5.74, 6) is 0.995. The van der Waals surface area contributed by atoms with E-state index in [-0.39, 0.29) is 0 Å². The lowest BCUT2D eigenvalue weighted by molar-refractivity contribution is 0.314. The van der Waals surface area contributed by atoms with Crippen LogP contribution < -0.4 is 10.2 Å². The van der Waals surface area contributed by atoms with Crippen LogP contribution in [-0.2, 0) is 6.54 Å². The highest BCUT2D eigenvalue weighted by atomic mass is 35.5. The molecule has 0 amide bonds. The van der Waals surface area contributed by atoms with Gasteiger partial charge in [0.25, 0.3) is 0 Å². The summed E-state index contributed by atoms with van der Waals surface area (Å²) in [6.45, 7) is 2.92. The number of likely N-dealkylation sites (tertiary alicyclic amines) is 1. The largest absolute Gasteiger partial charge is 0.358 e. The average Bonchev–Trinajstić information content (AvgIpc) is 2.78. The molecule has 19 heavy (non-hydrogen) atoms. The fourth-order valence-corrected chi connectivity index (χ4v) is 2.77. The molecule has 0 spiro atoms. The Labute approximate surface area is 120 Å². The SMILES string of the molecule is CNCc1nc(N(C)CC2CCCN2C)ccc1Cl. The molecule has 1 unspecified atom stereocenters. The van der Waals surface area contributed by atoms with Crippen LogP contribution in [0.15, 0.2) is 12.1 Å². The van der Waals surface area contributed by atoms with Crippen molar-refractivity contribution in [3.05, 3.63) is 22.8 Å². The minimum Gasteiger partial charge on any atom is -0.358 e. The van der Waals surface area contributed by atoms with E-state index in [0.717, 1.165) is 23.1 Å². The van der Waals surface area contributed by atoms with E-state index in [0.29, 0.717) is 12.6 Å². The number of nitrogens with zero attached hydrogens (tertiary/aromatic N) is 3. The molecule has 1 fully saturated rings. The summed E-state index contributed by atoms with van der Waals surface area (Å²) in [5, 5.41) is 3.82. The molecular formula is C14H23ClN4. The smallest absolute Gasteiger partial charge is 0.128 e. The van der Waals surface area contributed by atoms with E-state index >= 15 is 0 Å². The van der Waals surface area contributed by atoms with Crippen LogP contribution in [0, 0.1) is 0 Å². The highest BCUT2D eigenvalue weighted by Gasteiger charge is 2.22. The van der Waals surface area contributed by atoms with Crippen molar-refractivity contribution in [2.45, 2.75) is 25.4 Å². The van der Waals surface area contributed by atoms with Crippen molar-refractivity contribution in [3.63, 3.8) is 0 Å². The number of anilines is 1. The number of pyridine rings is 1. The van der Waals surface area contributed by atoms with Crippen LogP contribution in [0.25, 0.3) is 0 Å². The summed E-state index contributed by atoms with van der Waals surface area (Å²) in [4.78, 5) is 9.30. The highest BCUT2D eigenvalue weighted by Crippen LogP contribution is 2.21. The molecule has 1 aliphatic heterocycles. The molecule has 4 nitrogen and oxygen atoms in total. The Morgan fingerprint density at radius 1 is 1.53 bits per heavy atom. The molecule has 2 heterocycles. The van der Waals surface area contributed by atoms with Gasteiger partial charge < -0.3 is 15.1 Å². The lowest BCUT2D eigenvalue weighted by atomic mass is 10.2. The quantitative estimate of drug-likeness (QED) is 0.895. The second-order valence-electron chi connectivity index (χ2n) is 5.29. The Bertz CT molecular complexity index is 424. The van der Waals surface area contributed by atoms with Gasteiger partial charge in [0.1, 0.15) is 5.82 Å². The summed E-state index contributed by atoms with van der Waals surface area (Å²) < 4.78 is 0. The molecule has 1 saturated heterocycles. The van der Waals surface area contributed by atoms with Gasteiger partial charge in [-0.3, -0.25) is 0 Å². The van der Waals surface area contributed by atoms with Crippen molar-refractivity contribution < 1.29 is 0 Å². The molecular weight excluding hydrogens is 260 g/mol. The summed E-state index contributed by atoms with van der Waals surface area (Å²) in [6.07, 6.45) is 2.58. The summed E-state index contributed by atoms with van der Waals surface area (Å²) in [7, 11) is 6.21. The first-order valence-electron chi connectivity index (χ1n) is 6.83. The van der Waals surface area contributed by atoms with E-state index in [4.69, 9.17) is 11.6 Å². The zero-order valence-electron chi connectivity index (χ0n) is 12.0. The van der Waals surface area contributed by atoms with Crippen molar-refractivity contribution in [3.8, 4) is 0 Å². The first-order valence-corrected chi connectivity index (χ1v) is 7.21. The van der Waals surface area contributed by atoms with E-state index < -0.39 is 0 Å². The Balaban J connectivity index is 2.05.